The molecule has 5 nitrogen and oxygen atoms in total. The van der Waals surface area contributed by atoms with Crippen LogP contribution in [0.3, 0.4) is 0 Å². The van der Waals surface area contributed by atoms with Crippen LogP contribution in [-0.2, 0) is 16.3 Å². The largest absolute Gasteiger partial charge is 0.335 e. The zero-order chi connectivity index (χ0) is 16.3. The predicted molar refractivity (Wildman–Crippen MR) is 87.8 cm³/mol. The molecule has 1 aliphatic rings. The highest BCUT2D eigenvalue weighted by molar-refractivity contribution is 7.91. The van der Waals surface area contributed by atoms with Crippen molar-refractivity contribution in [2.75, 3.05) is 24.6 Å². The Balaban J connectivity index is 1.89. The fraction of sp³-hybridized carbons (Fsp3) is 0.562. The fourth-order valence-electron chi connectivity index (χ4n) is 2.81. The minimum Gasteiger partial charge on any atom is -0.335 e. The summed E-state index contributed by atoms with van der Waals surface area (Å²) in [6.45, 7) is 6.66. The molecule has 1 atom stereocenters. The predicted octanol–water partition coefficient (Wildman–Crippen LogP) is 1.67. The monoisotopic (exact) mass is 324 g/mol. The van der Waals surface area contributed by atoms with Crippen LogP contribution in [0.4, 0.5) is 4.79 Å². The number of amides is 2. The van der Waals surface area contributed by atoms with Crippen molar-refractivity contribution in [2.45, 2.75) is 33.2 Å². The number of rotatable bonds is 3. The molecule has 1 N–H and O–H groups in total. The van der Waals surface area contributed by atoms with Crippen molar-refractivity contribution < 1.29 is 13.2 Å². The van der Waals surface area contributed by atoms with E-state index in [0.29, 0.717) is 0 Å². The van der Waals surface area contributed by atoms with Gasteiger partial charge in [0.05, 0.1) is 11.5 Å². The van der Waals surface area contributed by atoms with Crippen molar-refractivity contribution in [3.8, 4) is 0 Å². The lowest BCUT2D eigenvalue weighted by atomic mass is 10.0. The molecule has 0 aliphatic carbocycles. The number of nitrogens with zero attached hydrogens (tertiary/aromatic N) is 1. The third-order valence-electron chi connectivity index (χ3n) is 3.82. The minimum atomic E-state index is -2.96. The zero-order valence-corrected chi connectivity index (χ0v) is 14.2. The molecule has 1 aliphatic heterocycles. The summed E-state index contributed by atoms with van der Waals surface area (Å²) in [5, 5.41) is 2.96. The summed E-state index contributed by atoms with van der Waals surface area (Å²) in [5.41, 5.74) is 3.64. The van der Waals surface area contributed by atoms with Gasteiger partial charge in [-0.1, -0.05) is 29.3 Å². The third-order valence-corrected chi connectivity index (χ3v) is 5.43. The molecule has 0 spiro atoms. The smallest absolute Gasteiger partial charge is 0.317 e. The van der Waals surface area contributed by atoms with E-state index in [1.54, 1.807) is 4.90 Å². The van der Waals surface area contributed by atoms with Crippen LogP contribution in [0.5, 0.6) is 0 Å². The van der Waals surface area contributed by atoms with E-state index >= 15 is 0 Å². The molecular formula is C16H24N2O3S. The van der Waals surface area contributed by atoms with Crippen molar-refractivity contribution in [1.29, 1.82) is 0 Å². The van der Waals surface area contributed by atoms with Gasteiger partial charge in [-0.3, -0.25) is 0 Å². The van der Waals surface area contributed by atoms with Crippen LogP contribution in [-0.4, -0.2) is 50.0 Å². The van der Waals surface area contributed by atoms with Crippen LogP contribution in [0, 0.1) is 13.8 Å². The normalized spacial score (nSPS) is 18.8. The Morgan fingerprint density at radius 3 is 2.27 bits per heavy atom. The van der Waals surface area contributed by atoms with Crippen LogP contribution in [0.15, 0.2) is 18.2 Å². The maximum atomic E-state index is 12.2. The summed E-state index contributed by atoms with van der Waals surface area (Å²) in [7, 11) is -2.96. The molecule has 1 saturated heterocycles. The molecule has 6 heteroatoms. The van der Waals surface area contributed by atoms with E-state index in [-0.39, 0.29) is 36.7 Å². The van der Waals surface area contributed by atoms with Gasteiger partial charge in [-0.25, -0.2) is 13.2 Å². The van der Waals surface area contributed by atoms with Crippen molar-refractivity contribution in [1.82, 2.24) is 10.2 Å². The first-order valence-electron chi connectivity index (χ1n) is 7.58. The van der Waals surface area contributed by atoms with Gasteiger partial charge in [-0.2, -0.15) is 0 Å². The second kappa shape index (κ2) is 6.69. The van der Waals surface area contributed by atoms with Gasteiger partial charge in [0.2, 0.25) is 0 Å². The molecule has 1 aromatic carbocycles. The molecule has 0 aromatic heterocycles. The lowest BCUT2D eigenvalue weighted by molar-refractivity contribution is 0.199. The van der Waals surface area contributed by atoms with Gasteiger partial charge < -0.3 is 10.2 Å². The zero-order valence-electron chi connectivity index (χ0n) is 13.4. The first-order chi connectivity index (χ1) is 10.2. The van der Waals surface area contributed by atoms with Crippen LogP contribution < -0.4 is 5.32 Å². The van der Waals surface area contributed by atoms with Crippen molar-refractivity contribution in [3.05, 3.63) is 34.9 Å². The van der Waals surface area contributed by atoms with Crippen LogP contribution >= 0.6 is 0 Å². The molecule has 1 fully saturated rings. The highest BCUT2D eigenvalue weighted by Crippen LogP contribution is 2.11. The standard InChI is InChI=1S/C16H24N2O3S/c1-12-8-13(2)10-15(9-12)11-14(3)17-16(19)18-4-6-22(20,21)7-5-18/h8-10,14H,4-7,11H2,1-3H3,(H,17,19). The van der Waals surface area contributed by atoms with E-state index in [1.165, 1.54) is 16.7 Å². The average Bonchev–Trinajstić information content (AvgIpc) is 2.36. The number of carbonyl (C=O) groups excluding carboxylic acids is 1. The lowest BCUT2D eigenvalue weighted by Gasteiger charge is -2.28. The summed E-state index contributed by atoms with van der Waals surface area (Å²) >= 11 is 0. The summed E-state index contributed by atoms with van der Waals surface area (Å²) in [6, 6.07) is 6.21. The first-order valence-corrected chi connectivity index (χ1v) is 9.40. The van der Waals surface area contributed by atoms with Gasteiger partial charge in [-0.05, 0) is 32.8 Å². The number of hydrogen-bond donors (Lipinski definition) is 1. The van der Waals surface area contributed by atoms with E-state index in [1.807, 2.05) is 6.92 Å². The Hall–Kier alpha value is -1.56. The Kier molecular flexibility index (Phi) is 5.11. The molecule has 1 aromatic rings. The Morgan fingerprint density at radius 1 is 1.18 bits per heavy atom. The second-order valence-corrected chi connectivity index (χ2v) is 8.49. The Labute approximate surface area is 132 Å². The number of sulfone groups is 1. The molecule has 0 bridgehead atoms. The van der Waals surface area contributed by atoms with Gasteiger partial charge in [0.15, 0.2) is 9.84 Å². The first kappa shape index (κ1) is 16.8. The average molecular weight is 324 g/mol. The van der Waals surface area contributed by atoms with Gasteiger partial charge in [0, 0.05) is 19.1 Å². The molecule has 1 heterocycles. The van der Waals surface area contributed by atoms with Gasteiger partial charge >= 0.3 is 6.03 Å². The third kappa shape index (κ3) is 4.73. The van der Waals surface area contributed by atoms with Crippen LogP contribution in [0.2, 0.25) is 0 Å². The van der Waals surface area contributed by atoms with Gasteiger partial charge in [0.1, 0.15) is 0 Å². The van der Waals surface area contributed by atoms with Crippen molar-refractivity contribution in [2.24, 2.45) is 0 Å². The van der Waals surface area contributed by atoms with Crippen molar-refractivity contribution >= 4 is 15.9 Å². The summed E-state index contributed by atoms with van der Waals surface area (Å²) in [4.78, 5) is 13.7. The van der Waals surface area contributed by atoms with Crippen LogP contribution in [0.1, 0.15) is 23.6 Å². The molecule has 122 valence electrons. The molecule has 2 rings (SSSR count). The quantitative estimate of drug-likeness (QED) is 0.920. The number of hydrogen-bond acceptors (Lipinski definition) is 3. The number of aryl methyl sites for hydroxylation is 2. The van der Waals surface area contributed by atoms with E-state index in [9.17, 15) is 13.2 Å². The summed E-state index contributed by atoms with van der Waals surface area (Å²) < 4.78 is 22.8. The number of carbonyl (C=O) groups is 1. The minimum absolute atomic E-state index is 0.00670. The SMILES string of the molecule is Cc1cc(C)cc(CC(C)NC(=O)N2CCS(=O)(=O)CC2)c1. The van der Waals surface area contributed by atoms with E-state index in [4.69, 9.17) is 0 Å². The Morgan fingerprint density at radius 2 is 1.73 bits per heavy atom. The number of benzene rings is 1. The fourth-order valence-corrected chi connectivity index (χ4v) is 4.01. The lowest BCUT2D eigenvalue weighted by Crippen LogP contribution is -2.50. The maximum Gasteiger partial charge on any atom is 0.317 e. The molecule has 0 saturated carbocycles. The molecule has 1 unspecified atom stereocenters. The number of urea groups is 1. The van der Waals surface area contributed by atoms with Gasteiger partial charge in [-0.15, -0.1) is 0 Å². The molecule has 0 radical (unpaired) electrons. The molecular weight excluding hydrogens is 300 g/mol. The van der Waals surface area contributed by atoms with E-state index in [2.05, 4.69) is 37.4 Å². The van der Waals surface area contributed by atoms with E-state index in [0.717, 1.165) is 6.42 Å². The topological polar surface area (TPSA) is 66.5 Å². The van der Waals surface area contributed by atoms with E-state index < -0.39 is 9.84 Å². The molecule has 2 amide bonds. The van der Waals surface area contributed by atoms with Crippen LogP contribution in [0.25, 0.3) is 0 Å². The maximum absolute atomic E-state index is 12.2. The van der Waals surface area contributed by atoms with Gasteiger partial charge in [0.25, 0.3) is 0 Å². The number of nitrogens with one attached hydrogen (secondary N) is 1. The Bertz CT molecular complexity index is 621. The highest BCUT2D eigenvalue weighted by Gasteiger charge is 2.25. The molecule has 22 heavy (non-hydrogen) atoms. The summed E-state index contributed by atoms with van der Waals surface area (Å²) in [5.74, 6) is 0.123. The highest BCUT2D eigenvalue weighted by atomic mass is 32.2. The summed E-state index contributed by atoms with van der Waals surface area (Å²) in [6.07, 6.45) is 0.764. The van der Waals surface area contributed by atoms with Crippen molar-refractivity contribution in [3.63, 3.8) is 0 Å². The second-order valence-electron chi connectivity index (χ2n) is 6.19.